The van der Waals surface area contributed by atoms with Gasteiger partial charge in [-0.05, 0) is 71.0 Å². The van der Waals surface area contributed by atoms with E-state index in [1.165, 1.54) is 19.3 Å². The molecule has 3 rings (SSSR count). The average Bonchev–Trinajstić information content (AvgIpc) is 2.80. The minimum atomic E-state index is -0.190. The lowest BCUT2D eigenvalue weighted by Gasteiger charge is -2.38. The molecule has 0 N–H and O–H groups in total. The van der Waals surface area contributed by atoms with Crippen molar-refractivity contribution in [3.8, 4) is 6.07 Å². The van der Waals surface area contributed by atoms with Crippen LogP contribution in [0.1, 0.15) is 59.4 Å². The molecule has 1 aromatic rings. The smallest absolute Gasteiger partial charge is 0.127 e. The van der Waals surface area contributed by atoms with Gasteiger partial charge >= 0.3 is 0 Å². The third kappa shape index (κ3) is 3.93. The van der Waals surface area contributed by atoms with E-state index < -0.39 is 0 Å². The summed E-state index contributed by atoms with van der Waals surface area (Å²) >= 11 is 5.99. The summed E-state index contributed by atoms with van der Waals surface area (Å²) in [7, 11) is 0. The minimum Gasteiger partial charge on any atom is -0.293 e. The quantitative estimate of drug-likeness (QED) is 0.690. The van der Waals surface area contributed by atoms with Gasteiger partial charge in [0.1, 0.15) is 5.84 Å². The van der Waals surface area contributed by atoms with Gasteiger partial charge in [-0.2, -0.15) is 5.26 Å². The molecule has 144 valence electrons. The van der Waals surface area contributed by atoms with Crippen LogP contribution in [0.5, 0.6) is 0 Å². The number of rotatable bonds is 2. The van der Waals surface area contributed by atoms with Crippen molar-refractivity contribution in [3.05, 3.63) is 29.8 Å². The van der Waals surface area contributed by atoms with Crippen molar-refractivity contribution in [2.24, 2.45) is 10.4 Å². The normalized spacial score (nSPS) is 25.0. The molecule has 0 amide bonds. The molecule has 2 saturated heterocycles. The summed E-state index contributed by atoms with van der Waals surface area (Å²) in [5, 5.41) is 9.13. The number of piperidine rings is 1. The van der Waals surface area contributed by atoms with Crippen molar-refractivity contribution >= 4 is 28.7 Å². The highest BCUT2D eigenvalue weighted by Crippen LogP contribution is 2.41. The second kappa shape index (κ2) is 7.33. The largest absolute Gasteiger partial charge is 0.293 e. The molecule has 2 fully saturated rings. The van der Waals surface area contributed by atoms with Gasteiger partial charge in [0.05, 0.1) is 28.2 Å². The molecule has 0 bridgehead atoms. The summed E-state index contributed by atoms with van der Waals surface area (Å²) in [4.78, 5) is 10.8. The van der Waals surface area contributed by atoms with Crippen LogP contribution in [0.25, 0.3) is 0 Å². The molecule has 5 heteroatoms. The number of hydrogen-bond donors (Lipinski definition) is 0. The zero-order chi connectivity index (χ0) is 19.8. The summed E-state index contributed by atoms with van der Waals surface area (Å²) in [5.74, 6) is 1.05. The van der Waals surface area contributed by atoms with Crippen LogP contribution in [-0.4, -0.2) is 40.4 Å². The van der Waals surface area contributed by atoms with Crippen molar-refractivity contribution in [1.82, 2.24) is 4.90 Å². The standard InChI is InChI=1S/C22H30N4S/c1-21(2,3)24-19-18(25-13-7-6-8-14-25)22(4,5)20(27)26(19)17-11-9-16(15-23)10-12-17/h9-12,18H,6-8,13-14H2,1-5H3/t18-/m0/s1. The molecule has 1 atom stereocenters. The topological polar surface area (TPSA) is 42.6 Å². The molecule has 0 aromatic heterocycles. The first-order valence-electron chi connectivity index (χ1n) is 9.84. The lowest BCUT2D eigenvalue weighted by atomic mass is 9.85. The third-order valence-electron chi connectivity index (χ3n) is 5.37. The third-order valence-corrected chi connectivity index (χ3v) is 6.08. The lowest BCUT2D eigenvalue weighted by Crippen LogP contribution is -2.50. The van der Waals surface area contributed by atoms with Crippen molar-refractivity contribution < 1.29 is 0 Å². The van der Waals surface area contributed by atoms with Crippen LogP contribution in [-0.2, 0) is 0 Å². The number of aliphatic imine (C=N–C) groups is 1. The molecule has 1 aromatic carbocycles. The molecular formula is C22H30N4S. The van der Waals surface area contributed by atoms with Crippen molar-refractivity contribution in [2.45, 2.75) is 65.5 Å². The summed E-state index contributed by atoms with van der Waals surface area (Å²) < 4.78 is 0. The number of anilines is 1. The first kappa shape index (κ1) is 20.0. The van der Waals surface area contributed by atoms with Gasteiger partial charge < -0.3 is 0 Å². The van der Waals surface area contributed by atoms with E-state index in [2.05, 4.69) is 50.5 Å². The van der Waals surface area contributed by atoms with Crippen molar-refractivity contribution in [3.63, 3.8) is 0 Å². The molecule has 4 nitrogen and oxygen atoms in total. The second-order valence-electron chi connectivity index (χ2n) is 9.16. The number of amidine groups is 1. The molecule has 0 saturated carbocycles. The van der Waals surface area contributed by atoms with Gasteiger partial charge in [0.25, 0.3) is 0 Å². The Labute approximate surface area is 168 Å². The first-order valence-corrected chi connectivity index (χ1v) is 10.2. The lowest BCUT2D eigenvalue weighted by molar-refractivity contribution is 0.154. The first-order chi connectivity index (χ1) is 12.6. The van der Waals surface area contributed by atoms with Gasteiger partial charge in [0.2, 0.25) is 0 Å². The number of likely N-dealkylation sites (tertiary alicyclic amines) is 1. The van der Waals surface area contributed by atoms with Gasteiger partial charge in [-0.25, -0.2) is 0 Å². The van der Waals surface area contributed by atoms with Crippen LogP contribution in [0.4, 0.5) is 5.69 Å². The fourth-order valence-electron chi connectivity index (χ4n) is 4.14. The van der Waals surface area contributed by atoms with Crippen molar-refractivity contribution in [2.75, 3.05) is 18.0 Å². The Morgan fingerprint density at radius 3 is 2.22 bits per heavy atom. The molecule has 0 aliphatic carbocycles. The molecule has 2 aliphatic rings. The van der Waals surface area contributed by atoms with E-state index in [0.29, 0.717) is 5.56 Å². The monoisotopic (exact) mass is 382 g/mol. The summed E-state index contributed by atoms with van der Waals surface area (Å²) in [5.41, 5.74) is 1.29. The van der Waals surface area contributed by atoms with Gasteiger partial charge in [-0.15, -0.1) is 0 Å². The zero-order valence-corrected chi connectivity index (χ0v) is 17.9. The van der Waals surface area contributed by atoms with E-state index in [1.54, 1.807) is 0 Å². The van der Waals surface area contributed by atoms with Crippen LogP contribution in [0.15, 0.2) is 29.3 Å². The van der Waals surface area contributed by atoms with Crippen LogP contribution in [0.3, 0.4) is 0 Å². The summed E-state index contributed by atoms with van der Waals surface area (Å²) in [6.45, 7) is 13.1. The Morgan fingerprint density at radius 2 is 1.70 bits per heavy atom. The van der Waals surface area contributed by atoms with Crippen LogP contribution < -0.4 is 4.90 Å². The van der Waals surface area contributed by atoms with E-state index >= 15 is 0 Å². The Bertz CT molecular complexity index is 774. The molecule has 2 aliphatic heterocycles. The highest BCUT2D eigenvalue weighted by atomic mass is 32.1. The van der Waals surface area contributed by atoms with Gasteiger partial charge in [0.15, 0.2) is 0 Å². The van der Waals surface area contributed by atoms with E-state index in [0.717, 1.165) is 29.6 Å². The van der Waals surface area contributed by atoms with Gasteiger partial charge in [-0.3, -0.25) is 14.8 Å². The van der Waals surface area contributed by atoms with E-state index in [4.69, 9.17) is 22.5 Å². The van der Waals surface area contributed by atoms with E-state index in [-0.39, 0.29) is 17.0 Å². The number of nitriles is 1. The molecule has 0 unspecified atom stereocenters. The Balaban J connectivity index is 2.11. The Morgan fingerprint density at radius 1 is 1.11 bits per heavy atom. The maximum Gasteiger partial charge on any atom is 0.127 e. The number of benzene rings is 1. The highest BCUT2D eigenvalue weighted by molar-refractivity contribution is 7.80. The van der Waals surface area contributed by atoms with Crippen LogP contribution >= 0.6 is 12.2 Å². The zero-order valence-electron chi connectivity index (χ0n) is 17.1. The fraction of sp³-hybridized carbons (Fsp3) is 0.591. The van der Waals surface area contributed by atoms with Gasteiger partial charge in [-0.1, -0.05) is 32.5 Å². The summed E-state index contributed by atoms with van der Waals surface area (Å²) in [6, 6.07) is 10.1. The molecule has 2 heterocycles. The fourth-order valence-corrected chi connectivity index (χ4v) is 4.45. The van der Waals surface area contributed by atoms with Crippen molar-refractivity contribution in [1.29, 1.82) is 5.26 Å². The molecule has 0 radical (unpaired) electrons. The van der Waals surface area contributed by atoms with Crippen LogP contribution in [0.2, 0.25) is 0 Å². The number of thiocarbonyl (C=S) groups is 1. The molecule has 0 spiro atoms. The average molecular weight is 383 g/mol. The number of nitrogens with zero attached hydrogens (tertiary/aromatic N) is 4. The van der Waals surface area contributed by atoms with E-state index in [1.807, 2.05) is 24.3 Å². The number of hydrogen-bond acceptors (Lipinski definition) is 4. The highest BCUT2D eigenvalue weighted by Gasteiger charge is 2.52. The van der Waals surface area contributed by atoms with Crippen LogP contribution in [0, 0.1) is 16.7 Å². The maximum absolute atomic E-state index is 9.13. The maximum atomic E-state index is 9.13. The molecule has 27 heavy (non-hydrogen) atoms. The SMILES string of the molecule is CC(C)(C)N=C1[C@H](N2CCCCC2)C(C)(C)C(=S)N1c1ccc(C#N)cc1. The Hall–Kier alpha value is -1.77. The summed E-state index contributed by atoms with van der Waals surface area (Å²) in [6.07, 6.45) is 3.77. The Kier molecular flexibility index (Phi) is 5.42. The second-order valence-corrected chi connectivity index (χ2v) is 9.55. The van der Waals surface area contributed by atoms with Gasteiger partial charge in [0, 0.05) is 11.1 Å². The minimum absolute atomic E-state index is 0.176. The molecular weight excluding hydrogens is 352 g/mol. The predicted octanol–water partition coefficient (Wildman–Crippen LogP) is 4.78. The van der Waals surface area contributed by atoms with E-state index in [9.17, 15) is 0 Å². The predicted molar refractivity (Wildman–Crippen MR) is 116 cm³/mol.